The van der Waals surface area contributed by atoms with Crippen LogP contribution in [0.25, 0.3) is 10.8 Å². The molecule has 0 saturated heterocycles. The van der Waals surface area contributed by atoms with Crippen molar-refractivity contribution >= 4 is 32.4 Å². The summed E-state index contributed by atoms with van der Waals surface area (Å²) in [6.07, 6.45) is 0. The molecule has 0 aromatic heterocycles. The van der Waals surface area contributed by atoms with Crippen molar-refractivity contribution in [2.24, 2.45) is 0 Å². The van der Waals surface area contributed by atoms with Gasteiger partial charge in [-0.15, -0.1) is 0 Å². The zero-order chi connectivity index (χ0) is 14.4. The van der Waals surface area contributed by atoms with Crippen molar-refractivity contribution in [2.75, 3.05) is 5.73 Å². The lowest BCUT2D eigenvalue weighted by atomic mass is 9.99. The van der Waals surface area contributed by atoms with Gasteiger partial charge in [-0.3, -0.25) is 9.35 Å². The highest BCUT2D eigenvalue weighted by molar-refractivity contribution is 7.85. The molecule has 0 bridgehead atoms. The topological polar surface area (TPSA) is 118 Å². The van der Waals surface area contributed by atoms with Gasteiger partial charge in [0.15, 0.2) is 5.78 Å². The summed E-state index contributed by atoms with van der Waals surface area (Å²) in [4.78, 5) is 11.1. The number of hydrogen-bond acceptors (Lipinski definition) is 5. The summed E-state index contributed by atoms with van der Waals surface area (Å²) in [5.41, 5.74) is 5.96. The Morgan fingerprint density at radius 3 is 2.37 bits per heavy atom. The SMILES string of the molecule is CC(=O)c1c(N)ccc2c(O)cc(S(=O)(=O)O)cc12. The average Bonchev–Trinajstić information content (AvgIpc) is 2.26. The number of nitrogen functional groups attached to an aromatic ring is 1. The first-order valence-corrected chi connectivity index (χ1v) is 6.69. The number of anilines is 1. The molecule has 2 aromatic rings. The van der Waals surface area contributed by atoms with Gasteiger partial charge >= 0.3 is 0 Å². The number of aromatic hydroxyl groups is 1. The highest BCUT2D eigenvalue weighted by atomic mass is 32.2. The van der Waals surface area contributed by atoms with E-state index < -0.39 is 15.0 Å². The summed E-state index contributed by atoms with van der Waals surface area (Å²) < 4.78 is 31.3. The maximum atomic E-state index is 11.6. The van der Waals surface area contributed by atoms with Gasteiger partial charge in [-0.1, -0.05) is 0 Å². The summed E-state index contributed by atoms with van der Waals surface area (Å²) in [7, 11) is -4.48. The van der Waals surface area contributed by atoms with Crippen LogP contribution >= 0.6 is 0 Å². The van der Waals surface area contributed by atoms with Crippen molar-refractivity contribution in [3.05, 3.63) is 29.8 Å². The van der Waals surface area contributed by atoms with E-state index in [4.69, 9.17) is 10.3 Å². The molecule has 0 spiro atoms. The van der Waals surface area contributed by atoms with Crippen LogP contribution < -0.4 is 5.73 Å². The molecule has 100 valence electrons. The van der Waals surface area contributed by atoms with Crippen molar-refractivity contribution in [1.29, 1.82) is 0 Å². The minimum Gasteiger partial charge on any atom is -0.507 e. The third-order valence-electron chi connectivity index (χ3n) is 2.77. The van der Waals surface area contributed by atoms with Gasteiger partial charge in [-0.2, -0.15) is 8.42 Å². The van der Waals surface area contributed by atoms with Crippen LogP contribution in [-0.4, -0.2) is 23.9 Å². The predicted octanol–water partition coefficient (Wildman–Crippen LogP) is 1.58. The molecule has 19 heavy (non-hydrogen) atoms. The van der Waals surface area contributed by atoms with Gasteiger partial charge < -0.3 is 10.8 Å². The average molecular weight is 281 g/mol. The Labute approximate surface area is 109 Å². The van der Waals surface area contributed by atoms with Gasteiger partial charge in [0.05, 0.1) is 4.90 Å². The molecule has 0 aliphatic rings. The van der Waals surface area contributed by atoms with Gasteiger partial charge in [0, 0.05) is 22.7 Å². The fourth-order valence-electron chi connectivity index (χ4n) is 1.95. The molecule has 0 aliphatic carbocycles. The van der Waals surface area contributed by atoms with Crippen LogP contribution in [0, 0.1) is 0 Å². The molecule has 0 aliphatic heterocycles. The minimum atomic E-state index is -4.48. The third kappa shape index (κ3) is 2.25. The van der Waals surface area contributed by atoms with Crippen LogP contribution in [0.1, 0.15) is 17.3 Å². The lowest BCUT2D eigenvalue weighted by molar-refractivity contribution is 0.102. The smallest absolute Gasteiger partial charge is 0.294 e. The number of Topliss-reactive ketones (excluding diaryl/α,β-unsaturated/α-hetero) is 1. The third-order valence-corrected chi connectivity index (χ3v) is 3.60. The summed E-state index contributed by atoms with van der Waals surface area (Å²) in [5, 5.41) is 10.2. The monoisotopic (exact) mass is 281 g/mol. The van der Waals surface area contributed by atoms with E-state index in [1.807, 2.05) is 0 Å². The van der Waals surface area contributed by atoms with E-state index in [2.05, 4.69) is 0 Å². The van der Waals surface area contributed by atoms with Crippen LogP contribution in [0.3, 0.4) is 0 Å². The van der Waals surface area contributed by atoms with Crippen LogP contribution in [0.5, 0.6) is 5.75 Å². The fourth-order valence-corrected chi connectivity index (χ4v) is 2.48. The molecule has 2 rings (SSSR count). The van der Waals surface area contributed by atoms with E-state index in [0.717, 1.165) is 12.1 Å². The first kappa shape index (κ1) is 13.3. The van der Waals surface area contributed by atoms with Crippen molar-refractivity contribution in [3.8, 4) is 5.75 Å². The summed E-state index contributed by atoms with van der Waals surface area (Å²) in [6, 6.07) is 4.95. The fraction of sp³-hybridized carbons (Fsp3) is 0.0833. The Balaban J connectivity index is 3.00. The lowest BCUT2D eigenvalue weighted by Gasteiger charge is -2.10. The molecule has 0 atom stereocenters. The van der Waals surface area contributed by atoms with Crippen molar-refractivity contribution in [2.45, 2.75) is 11.8 Å². The van der Waals surface area contributed by atoms with Gasteiger partial charge in [-0.05, 0) is 30.5 Å². The summed E-state index contributed by atoms with van der Waals surface area (Å²) >= 11 is 0. The molecular weight excluding hydrogens is 270 g/mol. The van der Waals surface area contributed by atoms with Crippen molar-refractivity contribution < 1.29 is 22.9 Å². The molecule has 0 heterocycles. The second kappa shape index (κ2) is 4.22. The van der Waals surface area contributed by atoms with Crippen LogP contribution in [0.4, 0.5) is 5.69 Å². The van der Waals surface area contributed by atoms with Crippen LogP contribution in [0.15, 0.2) is 29.2 Å². The molecule has 0 saturated carbocycles. The molecule has 4 N–H and O–H groups in total. The zero-order valence-electron chi connectivity index (χ0n) is 9.91. The first-order valence-electron chi connectivity index (χ1n) is 5.25. The predicted molar refractivity (Wildman–Crippen MR) is 69.8 cm³/mol. The van der Waals surface area contributed by atoms with Gasteiger partial charge in [-0.25, -0.2) is 0 Å². The number of fused-ring (bicyclic) bond motifs is 1. The summed E-state index contributed by atoms with van der Waals surface area (Å²) in [6.45, 7) is 1.28. The maximum absolute atomic E-state index is 11.6. The Morgan fingerprint density at radius 2 is 1.84 bits per heavy atom. The lowest BCUT2D eigenvalue weighted by Crippen LogP contribution is -2.03. The Hall–Kier alpha value is -2.12. The Kier molecular flexibility index (Phi) is 2.95. The highest BCUT2D eigenvalue weighted by Gasteiger charge is 2.17. The quantitative estimate of drug-likeness (QED) is 0.437. The zero-order valence-corrected chi connectivity index (χ0v) is 10.7. The molecule has 7 heteroatoms. The van der Waals surface area contributed by atoms with Crippen LogP contribution in [0.2, 0.25) is 0 Å². The second-order valence-electron chi connectivity index (χ2n) is 4.10. The number of carbonyl (C=O) groups is 1. The highest BCUT2D eigenvalue weighted by Crippen LogP contribution is 2.33. The number of ketones is 1. The Bertz CT molecular complexity index is 795. The molecule has 0 unspecified atom stereocenters. The van der Waals surface area contributed by atoms with E-state index in [0.29, 0.717) is 0 Å². The van der Waals surface area contributed by atoms with Crippen LogP contribution in [-0.2, 0) is 10.1 Å². The molecular formula is C12H11NO5S. The van der Waals surface area contributed by atoms with E-state index in [1.54, 1.807) is 0 Å². The van der Waals surface area contributed by atoms with E-state index in [1.165, 1.54) is 19.1 Å². The number of phenols is 1. The van der Waals surface area contributed by atoms with Gasteiger partial charge in [0.1, 0.15) is 5.75 Å². The molecule has 0 amide bonds. The van der Waals surface area contributed by atoms with Crippen molar-refractivity contribution in [3.63, 3.8) is 0 Å². The standard InChI is InChI=1S/C12H11NO5S/c1-6(14)12-9-4-7(19(16,17)18)5-11(15)8(9)2-3-10(12)13/h2-5,15H,13H2,1H3,(H,16,17,18). The number of benzene rings is 2. The first-order chi connectivity index (χ1) is 8.71. The number of nitrogens with two attached hydrogens (primary N) is 1. The van der Waals surface area contributed by atoms with Crippen molar-refractivity contribution in [1.82, 2.24) is 0 Å². The maximum Gasteiger partial charge on any atom is 0.294 e. The molecule has 6 nitrogen and oxygen atoms in total. The van der Waals surface area contributed by atoms with Gasteiger partial charge in [0.25, 0.3) is 10.1 Å². The Morgan fingerprint density at radius 1 is 1.21 bits per heavy atom. The molecule has 0 fully saturated rings. The number of carbonyl (C=O) groups excluding carboxylic acids is 1. The number of phenolic OH excluding ortho intramolecular Hbond substituents is 1. The minimum absolute atomic E-state index is 0.110. The molecule has 0 radical (unpaired) electrons. The van der Waals surface area contributed by atoms with E-state index in [-0.39, 0.29) is 33.6 Å². The number of rotatable bonds is 2. The van der Waals surface area contributed by atoms with E-state index >= 15 is 0 Å². The number of hydrogen-bond donors (Lipinski definition) is 3. The molecule has 2 aromatic carbocycles. The largest absolute Gasteiger partial charge is 0.507 e. The van der Waals surface area contributed by atoms with E-state index in [9.17, 15) is 18.3 Å². The second-order valence-corrected chi connectivity index (χ2v) is 5.52. The normalized spacial score (nSPS) is 11.7. The van der Waals surface area contributed by atoms with Gasteiger partial charge in [0.2, 0.25) is 0 Å². The summed E-state index contributed by atoms with van der Waals surface area (Å²) in [5.74, 6) is -0.720.